The van der Waals surface area contributed by atoms with Gasteiger partial charge < -0.3 is 5.11 Å². The van der Waals surface area contributed by atoms with E-state index in [4.69, 9.17) is 0 Å². The van der Waals surface area contributed by atoms with Crippen LogP contribution in [0.25, 0.3) is 0 Å². The van der Waals surface area contributed by atoms with E-state index in [1.807, 2.05) is 12.2 Å². The maximum absolute atomic E-state index is 9.97. The van der Waals surface area contributed by atoms with Gasteiger partial charge in [-0.25, -0.2) is 0 Å². The highest BCUT2D eigenvalue weighted by molar-refractivity contribution is 8.23. The fraction of sp³-hybridized carbons (Fsp3) is 0.647. The zero-order valence-corrected chi connectivity index (χ0v) is 15.0. The van der Waals surface area contributed by atoms with Crippen molar-refractivity contribution in [2.24, 2.45) is 0 Å². The first-order valence-electron chi connectivity index (χ1n) is 8.09. The smallest absolute Gasteiger partial charge is 0.118 e. The highest BCUT2D eigenvalue weighted by Gasteiger charge is 2.16. The molecule has 1 aliphatic heterocycles. The number of unbranched alkanes of at least 4 members (excludes halogenated alkanes) is 6. The van der Waals surface area contributed by atoms with Gasteiger partial charge in [0.1, 0.15) is 5.76 Å². The van der Waals surface area contributed by atoms with Gasteiger partial charge in [0.25, 0.3) is 0 Å². The molecule has 1 radical (unpaired) electrons. The van der Waals surface area contributed by atoms with Crippen LogP contribution in [0.4, 0.5) is 0 Å². The van der Waals surface area contributed by atoms with Crippen LogP contribution in [0.3, 0.4) is 0 Å². The standard InChI is InChI=1S/C17H31OP2/c1-3-5-6-7-8-9-10-14-19-20-15-11-13-16(18)17(20)12-4-2/h4,11,13,18-20H,2-3,5-10,12,14-15H2,1H3. The molecular weight excluding hydrogens is 282 g/mol. The lowest BCUT2D eigenvalue weighted by atomic mass is 10.1. The molecule has 0 aromatic carbocycles. The predicted octanol–water partition coefficient (Wildman–Crippen LogP) is 6.46. The topological polar surface area (TPSA) is 20.2 Å². The minimum Gasteiger partial charge on any atom is -0.508 e. The first kappa shape index (κ1) is 17.9. The SMILES string of the molecule is C=CCC1=C(O)C=CC[PH]1PCCCCCCCCC. The Labute approximate surface area is 128 Å². The highest BCUT2D eigenvalue weighted by atomic mass is 32.0. The van der Waals surface area contributed by atoms with Crippen molar-refractivity contribution in [3.63, 3.8) is 0 Å². The number of allylic oxidation sites excluding steroid dienone is 4. The van der Waals surface area contributed by atoms with Crippen molar-refractivity contribution in [1.29, 1.82) is 0 Å². The maximum atomic E-state index is 9.97. The van der Waals surface area contributed by atoms with Gasteiger partial charge >= 0.3 is 0 Å². The lowest BCUT2D eigenvalue weighted by Gasteiger charge is -2.24. The average Bonchev–Trinajstić information content (AvgIpc) is 2.45. The number of aliphatic hydroxyl groups is 1. The number of hydrogen-bond acceptors (Lipinski definition) is 1. The second-order valence-electron chi connectivity index (χ2n) is 5.49. The van der Waals surface area contributed by atoms with Crippen LogP contribution >= 0.6 is 15.9 Å². The van der Waals surface area contributed by atoms with Crippen LogP contribution in [0.5, 0.6) is 0 Å². The van der Waals surface area contributed by atoms with Crippen LogP contribution in [0.15, 0.2) is 35.9 Å². The van der Waals surface area contributed by atoms with E-state index in [0.29, 0.717) is 5.76 Å². The minimum atomic E-state index is -0.499. The van der Waals surface area contributed by atoms with Gasteiger partial charge in [0.05, 0.1) is 0 Å². The summed E-state index contributed by atoms with van der Waals surface area (Å²) >= 11 is 0. The molecule has 2 unspecified atom stereocenters. The Bertz CT molecular complexity index is 334. The average molecular weight is 313 g/mol. The molecule has 0 aromatic rings. The summed E-state index contributed by atoms with van der Waals surface area (Å²) in [6.07, 6.45) is 19.2. The van der Waals surface area contributed by atoms with Gasteiger partial charge in [-0.05, 0) is 36.6 Å². The molecule has 0 bridgehead atoms. The van der Waals surface area contributed by atoms with Crippen molar-refractivity contribution < 1.29 is 5.11 Å². The largest absolute Gasteiger partial charge is 0.508 e. The van der Waals surface area contributed by atoms with Crippen molar-refractivity contribution in [2.75, 3.05) is 12.3 Å². The fourth-order valence-electron chi connectivity index (χ4n) is 2.54. The van der Waals surface area contributed by atoms with Gasteiger partial charge in [-0.3, -0.25) is 0 Å². The van der Waals surface area contributed by atoms with E-state index in [2.05, 4.69) is 19.6 Å². The second-order valence-corrected chi connectivity index (χ2v) is 11.2. The molecule has 1 heterocycles. The molecule has 0 saturated heterocycles. The third kappa shape index (κ3) is 7.05. The number of aliphatic hydroxyl groups excluding tert-OH is 1. The van der Waals surface area contributed by atoms with Crippen LogP contribution in [-0.4, -0.2) is 17.4 Å². The van der Waals surface area contributed by atoms with Crippen molar-refractivity contribution in [3.8, 4) is 0 Å². The molecule has 3 heteroatoms. The van der Waals surface area contributed by atoms with Crippen molar-refractivity contribution >= 4 is 15.9 Å². The summed E-state index contributed by atoms with van der Waals surface area (Å²) in [4.78, 5) is 0. The van der Waals surface area contributed by atoms with Crippen LogP contribution < -0.4 is 0 Å². The molecule has 1 rings (SSSR count). The van der Waals surface area contributed by atoms with Gasteiger partial charge in [0.15, 0.2) is 0 Å². The monoisotopic (exact) mass is 313 g/mol. The Morgan fingerprint density at radius 2 is 1.95 bits per heavy atom. The van der Waals surface area contributed by atoms with Crippen molar-refractivity contribution in [2.45, 2.75) is 58.3 Å². The lowest BCUT2D eigenvalue weighted by molar-refractivity contribution is 0.428. The number of rotatable bonds is 11. The first-order chi connectivity index (χ1) is 9.79. The third-order valence-electron chi connectivity index (χ3n) is 3.74. The van der Waals surface area contributed by atoms with Crippen molar-refractivity contribution in [3.05, 3.63) is 35.9 Å². The Kier molecular flexibility index (Phi) is 10.3. The molecule has 0 aromatic heterocycles. The summed E-state index contributed by atoms with van der Waals surface area (Å²) < 4.78 is 0. The van der Waals surface area contributed by atoms with Gasteiger partial charge in [-0.2, -0.15) is 0 Å². The van der Waals surface area contributed by atoms with E-state index in [-0.39, 0.29) is 0 Å². The summed E-state index contributed by atoms with van der Waals surface area (Å²) in [6, 6.07) is 0. The molecule has 1 nitrogen and oxygen atoms in total. The second kappa shape index (κ2) is 11.5. The summed E-state index contributed by atoms with van der Waals surface area (Å²) in [5.41, 5.74) is 0. The van der Waals surface area contributed by atoms with Gasteiger partial charge in [0.2, 0.25) is 0 Å². The van der Waals surface area contributed by atoms with E-state index in [1.165, 1.54) is 62.6 Å². The van der Waals surface area contributed by atoms with Crippen molar-refractivity contribution in [1.82, 2.24) is 0 Å². The predicted molar refractivity (Wildman–Crippen MR) is 98.0 cm³/mol. The van der Waals surface area contributed by atoms with Crippen LogP contribution in [0.1, 0.15) is 58.3 Å². The molecule has 2 atom stereocenters. The maximum Gasteiger partial charge on any atom is 0.118 e. The molecular formula is C17H31OP2. The van der Waals surface area contributed by atoms with E-state index in [0.717, 1.165) is 14.7 Å². The fourth-order valence-corrected chi connectivity index (χ4v) is 8.56. The summed E-state index contributed by atoms with van der Waals surface area (Å²) in [5.74, 6) is 0.539. The first-order valence-corrected chi connectivity index (χ1v) is 12.0. The van der Waals surface area contributed by atoms with Crippen LogP contribution in [0, 0.1) is 0 Å². The third-order valence-corrected chi connectivity index (χ3v) is 10.1. The van der Waals surface area contributed by atoms with Gasteiger partial charge in [-0.15, -0.1) is 6.58 Å². The van der Waals surface area contributed by atoms with E-state index >= 15 is 0 Å². The molecule has 115 valence electrons. The molecule has 1 N–H and O–H groups in total. The molecule has 0 aliphatic carbocycles. The van der Waals surface area contributed by atoms with Crippen LogP contribution in [0.2, 0.25) is 0 Å². The summed E-state index contributed by atoms with van der Waals surface area (Å²) in [5, 5.41) is 11.3. The minimum absolute atomic E-state index is 0.499. The molecule has 0 saturated carbocycles. The molecule has 20 heavy (non-hydrogen) atoms. The van der Waals surface area contributed by atoms with Gasteiger partial charge in [-0.1, -0.05) is 73.5 Å². The van der Waals surface area contributed by atoms with E-state index in [1.54, 1.807) is 0 Å². The molecule has 1 aliphatic rings. The zero-order chi connectivity index (χ0) is 14.6. The highest BCUT2D eigenvalue weighted by Crippen LogP contribution is 2.64. The lowest BCUT2D eigenvalue weighted by Crippen LogP contribution is -1.94. The zero-order valence-electron chi connectivity index (χ0n) is 13.0. The van der Waals surface area contributed by atoms with E-state index in [9.17, 15) is 5.11 Å². The van der Waals surface area contributed by atoms with Gasteiger partial charge in [0, 0.05) is 0 Å². The van der Waals surface area contributed by atoms with E-state index < -0.39 is 7.61 Å². The molecule has 0 fully saturated rings. The Morgan fingerprint density at radius 1 is 1.25 bits per heavy atom. The normalized spacial score (nSPS) is 19.1. The summed E-state index contributed by atoms with van der Waals surface area (Å²) in [6.45, 7) is 6.09. The quantitative estimate of drug-likeness (QED) is 0.263. The van der Waals surface area contributed by atoms with Crippen LogP contribution in [-0.2, 0) is 0 Å². The molecule has 0 spiro atoms. The number of hydrogen-bond donors (Lipinski definition) is 1. The molecule has 0 amide bonds. The summed E-state index contributed by atoms with van der Waals surface area (Å²) in [7, 11) is 0.555. The Morgan fingerprint density at radius 3 is 2.65 bits per heavy atom. The Balaban J connectivity index is 2.15. The Hall–Kier alpha value is -0.120.